The Balaban J connectivity index is 1.50. The van der Waals surface area contributed by atoms with Crippen molar-refractivity contribution in [2.24, 2.45) is 0 Å². The Morgan fingerprint density at radius 2 is 2.03 bits per heavy atom. The maximum Gasteiger partial charge on any atom is 0.452 e. The molecule has 29 heavy (non-hydrogen) atoms. The van der Waals surface area contributed by atoms with E-state index in [2.05, 4.69) is 20.4 Å². The lowest BCUT2D eigenvalue weighted by atomic mass is 9.92. The van der Waals surface area contributed by atoms with Crippen molar-refractivity contribution in [3.05, 3.63) is 24.0 Å². The van der Waals surface area contributed by atoms with Gasteiger partial charge in [-0.05, 0) is 32.3 Å². The molecule has 2 fully saturated rings. The number of carbonyl (C=O) groups is 1. The van der Waals surface area contributed by atoms with Crippen LogP contribution in [-0.2, 0) is 4.89 Å². The van der Waals surface area contributed by atoms with E-state index in [-0.39, 0.29) is 30.7 Å². The number of alkyl halides is 2. The third-order valence-electron chi connectivity index (χ3n) is 5.00. The summed E-state index contributed by atoms with van der Waals surface area (Å²) in [5.74, 6) is -2.01. The van der Waals surface area contributed by atoms with Crippen LogP contribution in [0.4, 0.5) is 19.4 Å². The van der Waals surface area contributed by atoms with E-state index in [9.17, 15) is 13.6 Å². The molecule has 156 valence electrons. The fourth-order valence-corrected chi connectivity index (χ4v) is 3.18. The largest absolute Gasteiger partial charge is 0.452 e. The Morgan fingerprint density at radius 3 is 2.66 bits per heavy atom. The maximum atomic E-state index is 13.4. The van der Waals surface area contributed by atoms with Gasteiger partial charge >= 0.3 is 6.09 Å². The van der Waals surface area contributed by atoms with Crippen molar-refractivity contribution in [2.75, 3.05) is 18.4 Å². The lowest BCUT2D eigenvalue weighted by Gasteiger charge is -2.29. The molecule has 9 nitrogen and oxygen atoms in total. The van der Waals surface area contributed by atoms with Crippen LogP contribution >= 0.6 is 0 Å². The number of hydrogen-bond acceptors (Lipinski definition) is 7. The molecule has 2 aromatic rings. The van der Waals surface area contributed by atoms with Crippen LogP contribution in [0, 0.1) is 6.92 Å². The van der Waals surface area contributed by atoms with Gasteiger partial charge in [-0.15, -0.1) is 0 Å². The van der Waals surface area contributed by atoms with Gasteiger partial charge in [0.25, 0.3) is 11.8 Å². The second kappa shape index (κ2) is 7.80. The number of carbonyl (C=O) groups excluding carboxylic acids is 1. The first kappa shape index (κ1) is 19.3. The molecule has 1 aliphatic carbocycles. The zero-order valence-corrected chi connectivity index (χ0v) is 16.0. The van der Waals surface area contributed by atoms with E-state index < -0.39 is 12.0 Å². The van der Waals surface area contributed by atoms with Gasteiger partial charge < -0.3 is 10.2 Å². The lowest BCUT2D eigenvalue weighted by Crippen LogP contribution is -2.42. The lowest BCUT2D eigenvalue weighted by molar-refractivity contribution is -0.160. The summed E-state index contributed by atoms with van der Waals surface area (Å²) >= 11 is 0. The molecule has 1 N–H and O–H groups in total. The molecule has 0 unspecified atom stereocenters. The maximum absolute atomic E-state index is 13.4. The van der Waals surface area contributed by atoms with Gasteiger partial charge in [0.2, 0.25) is 5.92 Å². The molecule has 11 heteroatoms. The Bertz CT molecular complexity index is 876. The molecule has 0 aromatic carbocycles. The standard InChI is InChI=1S/C18H22F2N6O3/c1-12-5-10-26(24-12)16-22-14(21-13-3-6-18(19,20)7-4-13)11-15(23-16)28-29-17(27)25-8-2-9-25/h5,10-11,13H,2-4,6-9H2,1H3,(H,21,22,23). The predicted octanol–water partition coefficient (Wildman–Crippen LogP) is 3.10. The van der Waals surface area contributed by atoms with Crippen LogP contribution in [0.1, 0.15) is 37.8 Å². The average Bonchev–Trinajstić information content (AvgIpc) is 3.07. The Morgan fingerprint density at radius 1 is 1.28 bits per heavy atom. The molecule has 0 atom stereocenters. The Labute approximate surface area is 165 Å². The van der Waals surface area contributed by atoms with Crippen molar-refractivity contribution in [3.8, 4) is 11.8 Å². The van der Waals surface area contributed by atoms with Gasteiger partial charge in [0.05, 0.1) is 5.69 Å². The van der Waals surface area contributed by atoms with E-state index in [4.69, 9.17) is 9.78 Å². The molecule has 1 aliphatic heterocycles. The number of amides is 1. The van der Waals surface area contributed by atoms with Crippen molar-refractivity contribution in [3.63, 3.8) is 0 Å². The summed E-state index contributed by atoms with van der Waals surface area (Å²) < 4.78 is 28.3. The predicted molar refractivity (Wildman–Crippen MR) is 98.0 cm³/mol. The molecule has 1 saturated heterocycles. The van der Waals surface area contributed by atoms with E-state index in [0.29, 0.717) is 31.7 Å². The van der Waals surface area contributed by atoms with E-state index in [0.717, 1.165) is 12.1 Å². The van der Waals surface area contributed by atoms with Crippen molar-refractivity contribution in [1.29, 1.82) is 0 Å². The van der Waals surface area contributed by atoms with Crippen molar-refractivity contribution < 1.29 is 23.4 Å². The molecule has 0 radical (unpaired) electrons. The fourth-order valence-electron chi connectivity index (χ4n) is 3.18. The molecule has 0 spiro atoms. The highest BCUT2D eigenvalue weighted by atomic mass is 19.3. The molecule has 2 aromatic heterocycles. The minimum absolute atomic E-state index is 0.0145. The van der Waals surface area contributed by atoms with Crippen molar-refractivity contribution in [2.45, 2.75) is 51.0 Å². The molecule has 3 heterocycles. The summed E-state index contributed by atoms with van der Waals surface area (Å²) in [5, 5.41) is 7.42. The Hall–Kier alpha value is -2.98. The fraction of sp³-hybridized carbons (Fsp3) is 0.556. The monoisotopic (exact) mass is 408 g/mol. The van der Waals surface area contributed by atoms with E-state index in [1.165, 1.54) is 15.6 Å². The van der Waals surface area contributed by atoms with Gasteiger partial charge in [0.1, 0.15) is 5.82 Å². The van der Waals surface area contributed by atoms with Crippen LogP contribution in [0.3, 0.4) is 0 Å². The summed E-state index contributed by atoms with van der Waals surface area (Å²) in [4.78, 5) is 31.9. The number of rotatable bonds is 5. The Kier molecular flexibility index (Phi) is 5.20. The smallest absolute Gasteiger partial charge is 0.367 e. The molecule has 4 rings (SSSR count). The minimum atomic E-state index is -2.61. The summed E-state index contributed by atoms with van der Waals surface area (Å²) in [7, 11) is 0. The van der Waals surface area contributed by atoms with Crippen LogP contribution in [0.15, 0.2) is 18.3 Å². The SMILES string of the molecule is Cc1ccn(-c2nc(NC3CCC(F)(F)CC3)cc(OOC(=O)N3CCC3)n2)n1. The van der Waals surface area contributed by atoms with Crippen molar-refractivity contribution >= 4 is 11.9 Å². The molecule has 1 amide bonds. The highest BCUT2D eigenvalue weighted by molar-refractivity contribution is 5.67. The van der Waals surface area contributed by atoms with Crippen LogP contribution in [0.2, 0.25) is 0 Å². The number of hydrogen-bond donors (Lipinski definition) is 1. The summed E-state index contributed by atoms with van der Waals surface area (Å²) in [6.07, 6.45) is 2.34. The van der Waals surface area contributed by atoms with E-state index in [1.807, 2.05) is 6.92 Å². The average molecular weight is 408 g/mol. The quantitative estimate of drug-likeness (QED) is 0.600. The van der Waals surface area contributed by atoms with Crippen LogP contribution in [-0.4, -0.2) is 55.8 Å². The van der Waals surface area contributed by atoms with Gasteiger partial charge in [0.15, 0.2) is 0 Å². The second-order valence-electron chi connectivity index (χ2n) is 7.34. The minimum Gasteiger partial charge on any atom is -0.367 e. The summed E-state index contributed by atoms with van der Waals surface area (Å²) in [6, 6.07) is 3.11. The third kappa shape index (κ3) is 4.72. The topological polar surface area (TPSA) is 94.4 Å². The number of likely N-dealkylation sites (tertiary alicyclic amines) is 1. The first-order valence-corrected chi connectivity index (χ1v) is 9.57. The first-order valence-electron chi connectivity index (χ1n) is 9.57. The zero-order chi connectivity index (χ0) is 20.4. The second-order valence-corrected chi connectivity index (χ2v) is 7.34. The molecule has 0 bridgehead atoms. The van der Waals surface area contributed by atoms with Gasteiger partial charge in [-0.25, -0.2) is 23.1 Å². The summed E-state index contributed by atoms with van der Waals surface area (Å²) in [5.41, 5.74) is 0.771. The van der Waals surface area contributed by atoms with Gasteiger partial charge in [-0.1, -0.05) is 0 Å². The molecular formula is C18H22F2N6O3. The number of nitrogens with zero attached hydrogens (tertiary/aromatic N) is 5. The normalized spacial score (nSPS) is 18.8. The van der Waals surface area contributed by atoms with E-state index >= 15 is 0 Å². The van der Waals surface area contributed by atoms with Crippen LogP contribution in [0.5, 0.6) is 5.88 Å². The number of anilines is 1. The van der Waals surface area contributed by atoms with Crippen LogP contribution < -0.4 is 10.2 Å². The summed E-state index contributed by atoms with van der Waals surface area (Å²) in [6.45, 7) is 3.08. The van der Waals surface area contributed by atoms with Gasteiger partial charge in [-0.3, -0.25) is 4.89 Å². The first-order chi connectivity index (χ1) is 13.9. The highest BCUT2D eigenvalue weighted by Gasteiger charge is 2.35. The van der Waals surface area contributed by atoms with Crippen LogP contribution in [0.25, 0.3) is 5.95 Å². The molecule has 1 saturated carbocycles. The molecular weight excluding hydrogens is 386 g/mol. The van der Waals surface area contributed by atoms with Gasteiger partial charge in [0, 0.05) is 44.2 Å². The number of aryl methyl sites for hydroxylation is 1. The zero-order valence-electron chi connectivity index (χ0n) is 16.0. The number of halogens is 2. The number of nitrogens with one attached hydrogen (secondary N) is 1. The highest BCUT2D eigenvalue weighted by Crippen LogP contribution is 2.34. The van der Waals surface area contributed by atoms with Gasteiger partial charge in [-0.2, -0.15) is 15.1 Å². The molecule has 2 aliphatic rings. The van der Waals surface area contributed by atoms with Crippen molar-refractivity contribution in [1.82, 2.24) is 24.6 Å². The number of aromatic nitrogens is 4. The van der Waals surface area contributed by atoms with E-state index in [1.54, 1.807) is 12.3 Å². The third-order valence-corrected chi connectivity index (χ3v) is 5.00.